The first-order valence-corrected chi connectivity index (χ1v) is 7.01. The quantitative estimate of drug-likeness (QED) is 0.894. The minimum atomic E-state index is 0.356. The van der Waals surface area contributed by atoms with Crippen LogP contribution in [0.2, 0.25) is 0 Å². The van der Waals surface area contributed by atoms with E-state index < -0.39 is 0 Å². The van der Waals surface area contributed by atoms with Crippen LogP contribution in [-0.4, -0.2) is 16.0 Å². The molecule has 1 fully saturated rings. The fourth-order valence-corrected chi connectivity index (χ4v) is 2.88. The lowest BCUT2D eigenvalue weighted by Crippen LogP contribution is -2.35. The molecule has 18 heavy (non-hydrogen) atoms. The summed E-state index contributed by atoms with van der Waals surface area (Å²) >= 11 is 3.50. The predicted molar refractivity (Wildman–Crippen MR) is 76.4 cm³/mol. The number of hydrogen-bond acceptors (Lipinski definition) is 2. The largest absolute Gasteiger partial charge is 0.345 e. The van der Waals surface area contributed by atoms with Crippen molar-refractivity contribution >= 4 is 15.9 Å². The van der Waals surface area contributed by atoms with Crippen LogP contribution in [0.15, 0.2) is 28.7 Å². The molecule has 4 heteroatoms. The van der Waals surface area contributed by atoms with Crippen LogP contribution in [-0.2, 0) is 0 Å². The third-order valence-electron chi connectivity index (χ3n) is 3.56. The van der Waals surface area contributed by atoms with Crippen LogP contribution >= 0.6 is 15.9 Å². The maximum Gasteiger partial charge on any atom is 0.110 e. The molecular weight excluding hydrogens is 290 g/mol. The highest BCUT2D eigenvalue weighted by atomic mass is 79.9. The van der Waals surface area contributed by atoms with Crippen LogP contribution in [0.3, 0.4) is 0 Å². The number of imidazole rings is 1. The Hall–Kier alpha value is -1.13. The Balaban J connectivity index is 1.93. The van der Waals surface area contributed by atoms with Gasteiger partial charge in [0.25, 0.3) is 0 Å². The molecule has 3 nitrogen and oxygen atoms in total. The Morgan fingerprint density at radius 2 is 2.17 bits per heavy atom. The number of H-pyrrole nitrogens is 1. The van der Waals surface area contributed by atoms with Crippen LogP contribution < -0.4 is 5.73 Å². The number of aryl methyl sites for hydroxylation is 1. The topological polar surface area (TPSA) is 54.7 Å². The van der Waals surface area contributed by atoms with Gasteiger partial charge in [-0.05, 0) is 31.9 Å². The van der Waals surface area contributed by atoms with Gasteiger partial charge in [-0.1, -0.05) is 28.1 Å². The predicted octanol–water partition coefficient (Wildman–Crippen LogP) is 3.35. The van der Waals surface area contributed by atoms with E-state index in [-0.39, 0.29) is 0 Å². The molecule has 94 valence electrons. The van der Waals surface area contributed by atoms with E-state index >= 15 is 0 Å². The van der Waals surface area contributed by atoms with E-state index in [1.165, 1.54) is 0 Å². The van der Waals surface area contributed by atoms with E-state index in [0.717, 1.165) is 40.1 Å². The van der Waals surface area contributed by atoms with Crippen molar-refractivity contribution in [3.05, 3.63) is 40.3 Å². The van der Waals surface area contributed by atoms with E-state index in [1.54, 1.807) is 0 Å². The molecule has 0 unspecified atom stereocenters. The first-order chi connectivity index (χ1) is 8.63. The summed E-state index contributed by atoms with van der Waals surface area (Å²) in [5.41, 5.74) is 9.16. The van der Waals surface area contributed by atoms with Crippen molar-refractivity contribution < 1.29 is 0 Å². The van der Waals surface area contributed by atoms with Crippen molar-refractivity contribution in [2.75, 3.05) is 0 Å². The van der Waals surface area contributed by atoms with Gasteiger partial charge in [-0.3, -0.25) is 0 Å². The first kappa shape index (κ1) is 11.9. The molecule has 1 aromatic heterocycles. The standard InChI is InChI=1S/C14H16BrN3/c1-8-13(9-3-2-4-11(15)5-9)18-14(17-8)10-6-12(16)7-10/h2-5,10,12H,6-7,16H2,1H3,(H,17,18). The number of nitrogens with zero attached hydrogens (tertiary/aromatic N) is 1. The van der Waals surface area contributed by atoms with E-state index in [9.17, 15) is 0 Å². The molecule has 0 bridgehead atoms. The average molecular weight is 306 g/mol. The summed E-state index contributed by atoms with van der Waals surface area (Å²) in [6, 6.07) is 8.60. The third-order valence-corrected chi connectivity index (χ3v) is 4.06. The van der Waals surface area contributed by atoms with Crippen LogP contribution in [0.1, 0.15) is 30.3 Å². The lowest BCUT2D eigenvalue weighted by atomic mass is 9.80. The van der Waals surface area contributed by atoms with E-state index in [2.05, 4.69) is 40.0 Å². The molecule has 1 aliphatic rings. The summed E-state index contributed by atoms with van der Waals surface area (Å²) < 4.78 is 1.08. The normalized spacial score (nSPS) is 22.8. The van der Waals surface area contributed by atoms with Crippen molar-refractivity contribution in [2.24, 2.45) is 5.73 Å². The number of benzene rings is 1. The molecule has 0 radical (unpaired) electrons. The summed E-state index contributed by atoms with van der Waals surface area (Å²) in [6.45, 7) is 2.07. The van der Waals surface area contributed by atoms with Gasteiger partial charge in [0.1, 0.15) is 5.82 Å². The number of hydrogen-bond donors (Lipinski definition) is 2. The van der Waals surface area contributed by atoms with Crippen LogP contribution in [0.5, 0.6) is 0 Å². The summed E-state index contributed by atoms with van der Waals surface area (Å²) in [5, 5.41) is 0. The van der Waals surface area contributed by atoms with Crippen molar-refractivity contribution in [1.29, 1.82) is 0 Å². The van der Waals surface area contributed by atoms with Crippen molar-refractivity contribution in [2.45, 2.75) is 31.7 Å². The first-order valence-electron chi connectivity index (χ1n) is 6.21. The second-order valence-electron chi connectivity index (χ2n) is 5.03. The fourth-order valence-electron chi connectivity index (χ4n) is 2.48. The van der Waals surface area contributed by atoms with Crippen LogP contribution in [0.4, 0.5) is 0 Å². The smallest absolute Gasteiger partial charge is 0.110 e. The Labute approximate surface area is 115 Å². The molecule has 3 rings (SSSR count). The zero-order valence-electron chi connectivity index (χ0n) is 10.3. The summed E-state index contributed by atoms with van der Waals surface area (Å²) in [5.74, 6) is 1.60. The Bertz CT molecular complexity index is 570. The zero-order chi connectivity index (χ0) is 12.7. The average Bonchev–Trinajstić information content (AvgIpc) is 2.67. The summed E-state index contributed by atoms with van der Waals surface area (Å²) in [4.78, 5) is 8.15. The van der Waals surface area contributed by atoms with Crippen LogP contribution in [0, 0.1) is 6.92 Å². The van der Waals surface area contributed by atoms with Gasteiger partial charge in [0, 0.05) is 27.7 Å². The Kier molecular flexibility index (Phi) is 2.99. The molecule has 1 heterocycles. The second kappa shape index (κ2) is 4.52. The molecule has 1 aliphatic carbocycles. The van der Waals surface area contributed by atoms with E-state index in [1.807, 2.05) is 12.1 Å². The summed E-state index contributed by atoms with van der Waals surface area (Å²) in [7, 11) is 0. The second-order valence-corrected chi connectivity index (χ2v) is 5.95. The summed E-state index contributed by atoms with van der Waals surface area (Å²) in [6.07, 6.45) is 2.09. The van der Waals surface area contributed by atoms with Gasteiger partial charge in [-0.25, -0.2) is 4.98 Å². The highest BCUT2D eigenvalue weighted by Gasteiger charge is 2.30. The monoisotopic (exact) mass is 305 g/mol. The highest BCUT2D eigenvalue weighted by molar-refractivity contribution is 9.10. The van der Waals surface area contributed by atoms with Gasteiger partial charge in [-0.15, -0.1) is 0 Å². The zero-order valence-corrected chi connectivity index (χ0v) is 11.9. The van der Waals surface area contributed by atoms with Gasteiger partial charge in [0.2, 0.25) is 0 Å². The van der Waals surface area contributed by atoms with Crippen molar-refractivity contribution in [3.8, 4) is 11.3 Å². The number of aromatic amines is 1. The van der Waals surface area contributed by atoms with Gasteiger partial charge in [0.15, 0.2) is 0 Å². The molecule has 1 aromatic carbocycles. The molecule has 0 spiro atoms. The van der Waals surface area contributed by atoms with Gasteiger partial charge in [0.05, 0.1) is 5.69 Å². The Morgan fingerprint density at radius 3 is 2.83 bits per heavy atom. The molecule has 0 saturated heterocycles. The van der Waals surface area contributed by atoms with E-state index in [4.69, 9.17) is 10.7 Å². The number of aromatic nitrogens is 2. The Morgan fingerprint density at radius 1 is 1.39 bits per heavy atom. The third kappa shape index (κ3) is 2.10. The molecule has 3 N–H and O–H groups in total. The number of nitrogens with two attached hydrogens (primary N) is 1. The van der Waals surface area contributed by atoms with Gasteiger partial charge < -0.3 is 10.7 Å². The lowest BCUT2D eigenvalue weighted by molar-refractivity contribution is 0.340. The SMILES string of the molecule is Cc1[nH]c(C2CC(N)C2)nc1-c1cccc(Br)c1. The molecule has 0 amide bonds. The fraction of sp³-hybridized carbons (Fsp3) is 0.357. The van der Waals surface area contributed by atoms with Crippen molar-refractivity contribution in [3.63, 3.8) is 0 Å². The number of halogens is 1. The number of rotatable bonds is 2. The van der Waals surface area contributed by atoms with Gasteiger partial charge >= 0.3 is 0 Å². The molecular formula is C14H16BrN3. The van der Waals surface area contributed by atoms with Crippen LogP contribution in [0.25, 0.3) is 11.3 Å². The maximum atomic E-state index is 5.83. The molecule has 2 aromatic rings. The lowest BCUT2D eigenvalue weighted by Gasteiger charge is -2.30. The minimum Gasteiger partial charge on any atom is -0.345 e. The highest BCUT2D eigenvalue weighted by Crippen LogP contribution is 2.36. The maximum absolute atomic E-state index is 5.83. The van der Waals surface area contributed by atoms with Gasteiger partial charge in [-0.2, -0.15) is 0 Å². The van der Waals surface area contributed by atoms with Crippen molar-refractivity contribution in [1.82, 2.24) is 9.97 Å². The molecule has 1 saturated carbocycles. The molecule has 0 atom stereocenters. The van der Waals surface area contributed by atoms with E-state index in [0.29, 0.717) is 12.0 Å². The minimum absolute atomic E-state index is 0.356. The number of nitrogens with one attached hydrogen (secondary N) is 1. The molecule has 0 aliphatic heterocycles.